The first-order chi connectivity index (χ1) is 11.9. The molecule has 3 rings (SSSR count). The van der Waals surface area contributed by atoms with Crippen molar-refractivity contribution in [2.24, 2.45) is 5.73 Å². The Morgan fingerprint density at radius 1 is 1.19 bits per heavy atom. The lowest BCUT2D eigenvalue weighted by molar-refractivity contribution is -0.136. The number of morpholine rings is 1. The number of nitrogens with one attached hydrogen (secondary N) is 1. The molecule has 2 heterocycles. The topological polar surface area (TPSA) is 76.8 Å². The summed E-state index contributed by atoms with van der Waals surface area (Å²) >= 11 is 0. The molecule has 3 aliphatic rings. The highest BCUT2D eigenvalue weighted by Crippen LogP contribution is 2.36. The second-order valence-electron chi connectivity index (χ2n) is 8.59. The first kappa shape index (κ1) is 24.9. The Bertz CT molecular complexity index is 473. The van der Waals surface area contributed by atoms with Gasteiger partial charge in [0.25, 0.3) is 0 Å². The van der Waals surface area contributed by atoms with Crippen LogP contribution in [0, 0.1) is 0 Å². The maximum atomic E-state index is 12.6. The zero-order chi connectivity index (χ0) is 17.9. The predicted molar refractivity (Wildman–Crippen MR) is 112 cm³/mol. The van der Waals surface area contributed by atoms with E-state index < -0.39 is 0 Å². The van der Waals surface area contributed by atoms with Crippen LogP contribution in [0.25, 0.3) is 0 Å². The molecule has 6 nitrogen and oxygen atoms in total. The Morgan fingerprint density at radius 2 is 1.89 bits per heavy atom. The van der Waals surface area contributed by atoms with E-state index in [4.69, 9.17) is 15.2 Å². The molecule has 0 aromatic rings. The van der Waals surface area contributed by atoms with Crippen LogP contribution in [0.15, 0.2) is 0 Å². The van der Waals surface area contributed by atoms with Gasteiger partial charge in [-0.1, -0.05) is 19.3 Å². The van der Waals surface area contributed by atoms with E-state index in [0.29, 0.717) is 6.54 Å². The van der Waals surface area contributed by atoms with Gasteiger partial charge in [0, 0.05) is 31.7 Å². The molecule has 8 heteroatoms. The molecule has 160 valence electrons. The number of carbonyl (C=O) groups is 1. The van der Waals surface area contributed by atoms with Crippen molar-refractivity contribution in [3.8, 4) is 0 Å². The Labute approximate surface area is 176 Å². The highest BCUT2D eigenvalue weighted by Gasteiger charge is 2.43. The minimum Gasteiger partial charge on any atom is -0.373 e. The summed E-state index contributed by atoms with van der Waals surface area (Å²) in [6.45, 7) is 8.19. The van der Waals surface area contributed by atoms with Crippen molar-refractivity contribution in [2.75, 3.05) is 32.8 Å². The largest absolute Gasteiger partial charge is 0.373 e. The second kappa shape index (κ2) is 10.6. The first-order valence-corrected chi connectivity index (χ1v) is 9.96. The number of hydrogen-bond donors (Lipinski definition) is 2. The lowest BCUT2D eigenvalue weighted by atomic mass is 9.79. The zero-order valence-electron chi connectivity index (χ0n) is 16.7. The van der Waals surface area contributed by atoms with Gasteiger partial charge in [0.2, 0.25) is 5.91 Å². The van der Waals surface area contributed by atoms with Crippen LogP contribution in [0.1, 0.15) is 58.8 Å². The van der Waals surface area contributed by atoms with Gasteiger partial charge < -0.3 is 20.5 Å². The number of nitrogens with two attached hydrogens (primary N) is 1. The van der Waals surface area contributed by atoms with Gasteiger partial charge in [0.1, 0.15) is 6.10 Å². The van der Waals surface area contributed by atoms with Gasteiger partial charge in [-0.25, -0.2) is 0 Å². The molecule has 2 saturated heterocycles. The van der Waals surface area contributed by atoms with E-state index in [1.165, 1.54) is 19.3 Å². The molecule has 0 radical (unpaired) electrons. The normalized spacial score (nSPS) is 30.0. The van der Waals surface area contributed by atoms with Crippen LogP contribution in [0.2, 0.25) is 0 Å². The SMILES string of the molecule is CC1(C)CN(C2(CNC(=O)[C@@H]3CC[C@H](CN)O3)CCCCC2)CCO1.Cl.Cl. The maximum Gasteiger partial charge on any atom is 0.249 e. The van der Waals surface area contributed by atoms with Crippen LogP contribution in [-0.2, 0) is 14.3 Å². The van der Waals surface area contributed by atoms with Gasteiger partial charge >= 0.3 is 0 Å². The summed E-state index contributed by atoms with van der Waals surface area (Å²) in [4.78, 5) is 15.2. The molecule has 0 bridgehead atoms. The number of rotatable bonds is 5. The maximum absolute atomic E-state index is 12.6. The van der Waals surface area contributed by atoms with E-state index >= 15 is 0 Å². The summed E-state index contributed by atoms with van der Waals surface area (Å²) in [5.74, 6) is 0.0356. The van der Waals surface area contributed by atoms with E-state index in [0.717, 1.165) is 51.9 Å². The summed E-state index contributed by atoms with van der Waals surface area (Å²) in [5, 5.41) is 3.22. The summed E-state index contributed by atoms with van der Waals surface area (Å²) in [7, 11) is 0. The molecule has 0 spiro atoms. The van der Waals surface area contributed by atoms with Crippen molar-refractivity contribution >= 4 is 30.7 Å². The monoisotopic (exact) mass is 425 g/mol. The number of amides is 1. The molecule has 1 aliphatic carbocycles. The number of halogens is 2. The predicted octanol–water partition coefficient (Wildman–Crippen LogP) is 2.27. The molecule has 1 amide bonds. The molecule has 3 fully saturated rings. The lowest BCUT2D eigenvalue weighted by Crippen LogP contribution is -2.63. The van der Waals surface area contributed by atoms with Crippen LogP contribution in [0.4, 0.5) is 0 Å². The quantitative estimate of drug-likeness (QED) is 0.706. The minimum absolute atomic E-state index is 0. The first-order valence-electron chi connectivity index (χ1n) is 9.96. The highest BCUT2D eigenvalue weighted by molar-refractivity contribution is 5.85. The van der Waals surface area contributed by atoms with Gasteiger partial charge in [0.15, 0.2) is 0 Å². The Balaban J connectivity index is 0.00000182. The van der Waals surface area contributed by atoms with Gasteiger partial charge in [-0.15, -0.1) is 24.8 Å². The van der Waals surface area contributed by atoms with Crippen molar-refractivity contribution in [1.29, 1.82) is 0 Å². The Morgan fingerprint density at radius 3 is 2.48 bits per heavy atom. The van der Waals surface area contributed by atoms with Crippen LogP contribution in [0.5, 0.6) is 0 Å². The van der Waals surface area contributed by atoms with Crippen LogP contribution in [0.3, 0.4) is 0 Å². The summed E-state index contributed by atoms with van der Waals surface area (Å²) < 4.78 is 11.7. The number of carbonyl (C=O) groups excluding carboxylic acids is 1. The van der Waals surface area contributed by atoms with Gasteiger partial charge in [0.05, 0.1) is 18.3 Å². The van der Waals surface area contributed by atoms with Crippen LogP contribution < -0.4 is 11.1 Å². The van der Waals surface area contributed by atoms with Crippen molar-refractivity contribution in [3.05, 3.63) is 0 Å². The minimum atomic E-state index is -0.324. The number of nitrogens with zero attached hydrogens (tertiary/aromatic N) is 1. The number of hydrogen-bond acceptors (Lipinski definition) is 5. The third kappa shape index (κ3) is 6.18. The fraction of sp³-hybridized carbons (Fsp3) is 0.947. The fourth-order valence-corrected chi connectivity index (χ4v) is 4.67. The van der Waals surface area contributed by atoms with Crippen molar-refractivity contribution < 1.29 is 14.3 Å². The van der Waals surface area contributed by atoms with Gasteiger partial charge in [-0.05, 0) is 39.5 Å². The molecule has 0 aromatic carbocycles. The van der Waals surface area contributed by atoms with E-state index in [1.807, 2.05) is 0 Å². The van der Waals surface area contributed by atoms with Gasteiger partial charge in [-0.3, -0.25) is 9.69 Å². The average molecular weight is 426 g/mol. The average Bonchev–Trinajstić information content (AvgIpc) is 3.09. The van der Waals surface area contributed by atoms with Crippen molar-refractivity contribution in [2.45, 2.75) is 82.1 Å². The molecular weight excluding hydrogens is 389 g/mol. The van der Waals surface area contributed by atoms with Gasteiger partial charge in [-0.2, -0.15) is 0 Å². The molecule has 0 aromatic heterocycles. The molecule has 27 heavy (non-hydrogen) atoms. The molecule has 3 N–H and O–H groups in total. The standard InChI is InChI=1S/C19H35N3O3.2ClH/c1-18(2)14-22(10-11-24-18)19(8-4-3-5-9-19)13-21-17(23)16-7-6-15(12-20)25-16;;/h15-16H,3-14,20H2,1-2H3,(H,21,23);2*1H/t15-,16+;;/m1../s1. The second-order valence-corrected chi connectivity index (χ2v) is 8.59. The Hall–Kier alpha value is -0.110. The van der Waals surface area contributed by atoms with Crippen LogP contribution in [-0.4, -0.2) is 66.9 Å². The smallest absolute Gasteiger partial charge is 0.249 e. The Kier molecular flexibility index (Phi) is 9.79. The van der Waals surface area contributed by atoms with Crippen molar-refractivity contribution in [1.82, 2.24) is 10.2 Å². The molecule has 0 unspecified atom stereocenters. The van der Waals surface area contributed by atoms with Crippen molar-refractivity contribution in [3.63, 3.8) is 0 Å². The van der Waals surface area contributed by atoms with E-state index in [9.17, 15) is 4.79 Å². The van der Waals surface area contributed by atoms with Crippen LogP contribution >= 0.6 is 24.8 Å². The lowest BCUT2D eigenvalue weighted by Gasteiger charge is -2.51. The molecule has 2 aliphatic heterocycles. The summed E-state index contributed by atoms with van der Waals surface area (Å²) in [5.41, 5.74) is 5.61. The zero-order valence-corrected chi connectivity index (χ0v) is 18.3. The molecular formula is C19H37Cl2N3O3. The third-order valence-corrected chi connectivity index (χ3v) is 6.14. The summed E-state index contributed by atoms with van der Waals surface area (Å²) in [6.07, 6.45) is 7.47. The number of ether oxygens (including phenoxy) is 2. The third-order valence-electron chi connectivity index (χ3n) is 6.14. The fourth-order valence-electron chi connectivity index (χ4n) is 4.67. The highest BCUT2D eigenvalue weighted by atomic mass is 35.5. The van der Waals surface area contributed by atoms with E-state index in [-0.39, 0.29) is 54.1 Å². The molecule has 2 atom stereocenters. The van der Waals surface area contributed by atoms with E-state index in [1.54, 1.807) is 0 Å². The summed E-state index contributed by atoms with van der Waals surface area (Å²) in [6, 6.07) is 0. The van der Waals surface area contributed by atoms with E-state index in [2.05, 4.69) is 24.1 Å². The molecule has 1 saturated carbocycles.